The van der Waals surface area contributed by atoms with Gasteiger partial charge in [-0.1, -0.05) is 19.1 Å². The number of carboxylic acid groups (broad SMARTS) is 1. The largest absolute Gasteiger partial charge is 0.484 e. The van der Waals surface area contributed by atoms with E-state index in [0.717, 1.165) is 19.3 Å². The Bertz CT molecular complexity index is 805. The maximum atomic E-state index is 12.4. The van der Waals surface area contributed by atoms with Gasteiger partial charge in [0, 0.05) is 13.1 Å². The molecule has 1 N–H and O–H groups in total. The molecule has 1 amide bonds. The SMILES string of the molecule is CCc1ccc(OCC(=O)N2CCC(n3ncc(C(=O)O)c3C)CC2)cc1. The van der Waals surface area contributed by atoms with E-state index in [2.05, 4.69) is 12.0 Å². The molecule has 0 radical (unpaired) electrons. The van der Waals surface area contributed by atoms with E-state index in [0.29, 0.717) is 24.5 Å². The predicted molar refractivity (Wildman–Crippen MR) is 100 cm³/mol. The molecule has 2 aromatic rings. The first-order valence-corrected chi connectivity index (χ1v) is 9.26. The number of aromatic nitrogens is 2. The Kier molecular flexibility index (Phi) is 5.78. The molecule has 0 aliphatic carbocycles. The highest BCUT2D eigenvalue weighted by atomic mass is 16.5. The Morgan fingerprint density at radius 1 is 1.22 bits per heavy atom. The molecule has 1 aromatic carbocycles. The fraction of sp³-hybridized carbons (Fsp3) is 0.450. The minimum absolute atomic E-state index is 0.0279. The third kappa shape index (κ3) is 4.30. The van der Waals surface area contributed by atoms with Crippen molar-refractivity contribution < 1.29 is 19.4 Å². The van der Waals surface area contributed by atoms with Crippen LogP contribution in [0.1, 0.15) is 47.4 Å². The van der Waals surface area contributed by atoms with Gasteiger partial charge in [0.25, 0.3) is 5.91 Å². The number of carbonyl (C=O) groups excluding carboxylic acids is 1. The Balaban J connectivity index is 1.51. The molecule has 7 heteroatoms. The average molecular weight is 371 g/mol. The van der Waals surface area contributed by atoms with Crippen molar-refractivity contribution in [1.29, 1.82) is 0 Å². The summed E-state index contributed by atoms with van der Waals surface area (Å²) in [6.07, 6.45) is 3.86. The second-order valence-corrected chi connectivity index (χ2v) is 6.79. The number of piperidine rings is 1. The van der Waals surface area contributed by atoms with Crippen LogP contribution in [0.4, 0.5) is 0 Å². The number of amides is 1. The molecule has 27 heavy (non-hydrogen) atoms. The van der Waals surface area contributed by atoms with Crippen LogP contribution in [-0.4, -0.2) is 51.4 Å². The lowest BCUT2D eigenvalue weighted by Gasteiger charge is -2.32. The summed E-state index contributed by atoms with van der Waals surface area (Å²) in [5.74, 6) is -0.296. The van der Waals surface area contributed by atoms with E-state index in [1.807, 2.05) is 24.3 Å². The molecular formula is C20H25N3O4. The summed E-state index contributed by atoms with van der Waals surface area (Å²) in [5, 5.41) is 13.4. The number of carbonyl (C=O) groups is 2. The summed E-state index contributed by atoms with van der Waals surface area (Å²) >= 11 is 0. The lowest BCUT2D eigenvalue weighted by molar-refractivity contribution is -0.134. The molecule has 0 unspecified atom stereocenters. The van der Waals surface area contributed by atoms with E-state index in [-0.39, 0.29) is 24.1 Å². The average Bonchev–Trinajstić information content (AvgIpc) is 3.08. The molecule has 2 heterocycles. The molecule has 1 aliphatic rings. The van der Waals surface area contributed by atoms with E-state index in [9.17, 15) is 9.59 Å². The summed E-state index contributed by atoms with van der Waals surface area (Å²) in [4.78, 5) is 25.4. The van der Waals surface area contributed by atoms with Crippen molar-refractivity contribution in [2.24, 2.45) is 0 Å². The second kappa shape index (κ2) is 8.24. The molecule has 1 fully saturated rings. The van der Waals surface area contributed by atoms with Gasteiger partial charge in [-0.15, -0.1) is 0 Å². The van der Waals surface area contributed by atoms with E-state index >= 15 is 0 Å². The van der Waals surface area contributed by atoms with E-state index in [1.165, 1.54) is 11.8 Å². The van der Waals surface area contributed by atoms with E-state index < -0.39 is 5.97 Å². The number of aromatic carboxylic acids is 1. The first-order chi connectivity index (χ1) is 13.0. The van der Waals surface area contributed by atoms with Gasteiger partial charge in [0.05, 0.1) is 17.9 Å². The molecule has 0 saturated carbocycles. The molecule has 3 rings (SSSR count). The molecule has 144 valence electrons. The van der Waals surface area contributed by atoms with Crippen molar-refractivity contribution >= 4 is 11.9 Å². The molecule has 1 aliphatic heterocycles. The fourth-order valence-corrected chi connectivity index (χ4v) is 3.42. The topological polar surface area (TPSA) is 84.7 Å². The van der Waals surface area contributed by atoms with Crippen molar-refractivity contribution in [3.63, 3.8) is 0 Å². The molecule has 1 aromatic heterocycles. The molecule has 0 atom stereocenters. The van der Waals surface area contributed by atoms with Crippen LogP contribution in [0.15, 0.2) is 30.5 Å². The number of carboxylic acids is 1. The zero-order valence-electron chi connectivity index (χ0n) is 15.7. The zero-order chi connectivity index (χ0) is 19.4. The van der Waals surface area contributed by atoms with Crippen molar-refractivity contribution in [3.8, 4) is 5.75 Å². The van der Waals surface area contributed by atoms with Crippen LogP contribution < -0.4 is 4.74 Å². The number of rotatable bonds is 6. The van der Waals surface area contributed by atoms with E-state index in [1.54, 1.807) is 16.5 Å². The first-order valence-electron chi connectivity index (χ1n) is 9.26. The van der Waals surface area contributed by atoms with Crippen LogP contribution in [0.3, 0.4) is 0 Å². The van der Waals surface area contributed by atoms with Gasteiger partial charge in [-0.2, -0.15) is 5.10 Å². The third-order valence-electron chi connectivity index (χ3n) is 5.13. The normalized spacial score (nSPS) is 15.0. The lowest BCUT2D eigenvalue weighted by Crippen LogP contribution is -2.41. The summed E-state index contributed by atoms with van der Waals surface area (Å²) in [6, 6.07) is 7.90. The molecule has 0 spiro atoms. The minimum atomic E-state index is -0.963. The smallest absolute Gasteiger partial charge is 0.339 e. The van der Waals surface area contributed by atoms with E-state index in [4.69, 9.17) is 9.84 Å². The Hall–Kier alpha value is -2.83. The van der Waals surface area contributed by atoms with Crippen LogP contribution in [0, 0.1) is 6.92 Å². The number of likely N-dealkylation sites (tertiary alicyclic amines) is 1. The van der Waals surface area contributed by atoms with Crippen LogP contribution in [0.2, 0.25) is 0 Å². The predicted octanol–water partition coefficient (Wildman–Crippen LogP) is 2.69. The summed E-state index contributed by atoms with van der Waals surface area (Å²) in [6.45, 7) is 5.12. The highest BCUT2D eigenvalue weighted by Crippen LogP contribution is 2.25. The number of hydrogen-bond acceptors (Lipinski definition) is 4. The van der Waals surface area contributed by atoms with Crippen molar-refractivity contribution in [2.75, 3.05) is 19.7 Å². The number of aryl methyl sites for hydroxylation is 1. The lowest BCUT2D eigenvalue weighted by atomic mass is 10.0. The maximum Gasteiger partial charge on any atom is 0.339 e. The van der Waals surface area contributed by atoms with Crippen LogP contribution in [0.5, 0.6) is 5.75 Å². The van der Waals surface area contributed by atoms with Gasteiger partial charge in [-0.3, -0.25) is 9.48 Å². The Morgan fingerprint density at radius 2 is 1.89 bits per heavy atom. The second-order valence-electron chi connectivity index (χ2n) is 6.79. The van der Waals surface area contributed by atoms with Crippen molar-refractivity contribution in [3.05, 3.63) is 47.3 Å². The number of ether oxygens (including phenoxy) is 1. The van der Waals surface area contributed by atoms with Gasteiger partial charge in [-0.05, 0) is 43.9 Å². The quantitative estimate of drug-likeness (QED) is 0.844. The third-order valence-corrected chi connectivity index (χ3v) is 5.13. The molecule has 0 bridgehead atoms. The van der Waals surface area contributed by atoms with Gasteiger partial charge in [0.2, 0.25) is 0 Å². The maximum absolute atomic E-state index is 12.4. The first kappa shape index (κ1) is 18.9. The van der Waals surface area contributed by atoms with Crippen molar-refractivity contribution in [2.45, 2.75) is 39.2 Å². The van der Waals surface area contributed by atoms with Crippen LogP contribution >= 0.6 is 0 Å². The minimum Gasteiger partial charge on any atom is -0.484 e. The highest BCUT2D eigenvalue weighted by Gasteiger charge is 2.26. The number of nitrogens with zero attached hydrogens (tertiary/aromatic N) is 3. The highest BCUT2D eigenvalue weighted by molar-refractivity contribution is 5.88. The van der Waals surface area contributed by atoms with Crippen molar-refractivity contribution in [1.82, 2.24) is 14.7 Å². The number of benzene rings is 1. The summed E-state index contributed by atoms with van der Waals surface area (Å²) in [5.41, 5.74) is 2.12. The standard InChI is InChI=1S/C20H25N3O4/c1-3-15-4-6-17(7-5-15)27-13-19(24)22-10-8-16(9-11-22)23-14(2)18(12-21-23)20(25)26/h4-7,12,16H,3,8-11,13H2,1-2H3,(H,25,26). The Labute approximate surface area is 158 Å². The van der Waals surface area contributed by atoms with Gasteiger partial charge >= 0.3 is 5.97 Å². The fourth-order valence-electron chi connectivity index (χ4n) is 3.42. The number of hydrogen-bond donors (Lipinski definition) is 1. The van der Waals surface area contributed by atoms with Crippen LogP contribution in [-0.2, 0) is 11.2 Å². The van der Waals surface area contributed by atoms with Gasteiger partial charge < -0.3 is 14.7 Å². The van der Waals surface area contributed by atoms with Gasteiger partial charge in [0.1, 0.15) is 11.3 Å². The zero-order valence-corrected chi connectivity index (χ0v) is 15.7. The summed E-state index contributed by atoms with van der Waals surface area (Å²) < 4.78 is 7.38. The molecule has 7 nitrogen and oxygen atoms in total. The monoisotopic (exact) mass is 371 g/mol. The summed E-state index contributed by atoms with van der Waals surface area (Å²) in [7, 11) is 0. The van der Waals surface area contributed by atoms with Crippen LogP contribution in [0.25, 0.3) is 0 Å². The Morgan fingerprint density at radius 3 is 2.44 bits per heavy atom. The van der Waals surface area contributed by atoms with Gasteiger partial charge in [-0.25, -0.2) is 4.79 Å². The molecule has 1 saturated heterocycles. The van der Waals surface area contributed by atoms with Gasteiger partial charge in [0.15, 0.2) is 6.61 Å². The molecular weight excluding hydrogens is 346 g/mol.